The summed E-state index contributed by atoms with van der Waals surface area (Å²) in [6.07, 6.45) is -0.0316. The molecule has 2 aromatic rings. The molecule has 0 saturated carbocycles. The molecule has 0 aliphatic rings. The van der Waals surface area contributed by atoms with Crippen LogP contribution in [0.3, 0.4) is 0 Å². The van der Waals surface area contributed by atoms with E-state index in [0.29, 0.717) is 23.3 Å². The van der Waals surface area contributed by atoms with E-state index in [1.54, 1.807) is 36.4 Å². The summed E-state index contributed by atoms with van der Waals surface area (Å²) in [6.45, 7) is 6.25. The van der Waals surface area contributed by atoms with Crippen molar-refractivity contribution in [3.8, 4) is 5.75 Å². The van der Waals surface area contributed by atoms with Crippen molar-refractivity contribution in [2.45, 2.75) is 39.8 Å². The molecule has 2 rings (SSSR count). The van der Waals surface area contributed by atoms with Gasteiger partial charge in [-0.05, 0) is 46.7 Å². The standard InChI is InChI=1S/C21H26N2O4/c1-21(2,3)12-15-11-14(19(22)23)6-9-17(15)20(26)27-16-7-4-13(5-8-16)10-18(24)25/h4-9,11,19H,10,12,22-23H2,1-3H3,(H,24,25). The number of aliphatic carboxylic acids is 1. The molecule has 0 saturated heterocycles. The van der Waals surface area contributed by atoms with Crippen molar-refractivity contribution in [2.24, 2.45) is 16.9 Å². The van der Waals surface area contributed by atoms with Gasteiger partial charge in [-0.1, -0.05) is 45.0 Å². The summed E-state index contributed by atoms with van der Waals surface area (Å²) in [5, 5.41) is 8.81. The number of hydrogen-bond donors (Lipinski definition) is 3. The normalized spacial score (nSPS) is 11.5. The number of rotatable bonds is 6. The monoisotopic (exact) mass is 370 g/mol. The topological polar surface area (TPSA) is 116 Å². The van der Waals surface area contributed by atoms with Crippen LogP contribution >= 0.6 is 0 Å². The number of benzene rings is 2. The molecule has 0 spiro atoms. The molecule has 0 aliphatic heterocycles. The summed E-state index contributed by atoms with van der Waals surface area (Å²) >= 11 is 0. The molecule has 6 nitrogen and oxygen atoms in total. The molecule has 144 valence electrons. The lowest BCUT2D eigenvalue weighted by Crippen LogP contribution is -2.22. The Bertz CT molecular complexity index is 821. The molecule has 6 heteroatoms. The molecule has 0 bridgehead atoms. The molecule has 0 atom stereocenters. The minimum atomic E-state index is -0.912. The quantitative estimate of drug-likeness (QED) is 0.409. The molecule has 5 N–H and O–H groups in total. The molecule has 0 amide bonds. The second kappa shape index (κ2) is 8.33. The number of esters is 1. The number of carboxylic acids is 1. The highest BCUT2D eigenvalue weighted by Gasteiger charge is 2.20. The third-order valence-electron chi connectivity index (χ3n) is 3.94. The summed E-state index contributed by atoms with van der Waals surface area (Å²) in [4.78, 5) is 23.4. The van der Waals surface area contributed by atoms with Crippen LogP contribution in [0.4, 0.5) is 0 Å². The summed E-state index contributed by atoms with van der Waals surface area (Å²) in [7, 11) is 0. The Morgan fingerprint density at radius 1 is 1.07 bits per heavy atom. The summed E-state index contributed by atoms with van der Waals surface area (Å²) in [5.41, 5.74) is 14.2. The van der Waals surface area contributed by atoms with E-state index in [1.165, 1.54) is 0 Å². The Morgan fingerprint density at radius 3 is 2.22 bits per heavy atom. The Morgan fingerprint density at radius 2 is 1.70 bits per heavy atom. The number of carbonyl (C=O) groups excluding carboxylic acids is 1. The molecule has 27 heavy (non-hydrogen) atoms. The Balaban J connectivity index is 2.25. The van der Waals surface area contributed by atoms with E-state index >= 15 is 0 Å². The van der Waals surface area contributed by atoms with Gasteiger partial charge in [0.05, 0.1) is 18.2 Å². The van der Waals surface area contributed by atoms with Crippen molar-refractivity contribution in [2.75, 3.05) is 0 Å². The molecular formula is C21H26N2O4. The molecule has 0 heterocycles. The zero-order valence-corrected chi connectivity index (χ0v) is 15.9. The second-order valence-corrected chi connectivity index (χ2v) is 7.78. The molecule has 0 radical (unpaired) electrons. The number of carbonyl (C=O) groups is 2. The number of hydrogen-bond acceptors (Lipinski definition) is 5. The Hall–Kier alpha value is -2.70. The fraction of sp³-hybridized carbons (Fsp3) is 0.333. The van der Waals surface area contributed by atoms with Crippen LogP contribution in [-0.2, 0) is 17.6 Å². The van der Waals surface area contributed by atoms with Gasteiger partial charge in [0, 0.05) is 0 Å². The van der Waals surface area contributed by atoms with Crippen LogP contribution in [0.15, 0.2) is 42.5 Å². The van der Waals surface area contributed by atoms with Crippen molar-refractivity contribution < 1.29 is 19.4 Å². The van der Waals surface area contributed by atoms with Gasteiger partial charge in [-0.15, -0.1) is 0 Å². The van der Waals surface area contributed by atoms with Gasteiger partial charge in [0.15, 0.2) is 0 Å². The van der Waals surface area contributed by atoms with E-state index in [9.17, 15) is 9.59 Å². The third kappa shape index (κ3) is 6.20. The SMILES string of the molecule is CC(C)(C)Cc1cc(C(N)N)ccc1C(=O)Oc1ccc(CC(=O)O)cc1. The van der Waals surface area contributed by atoms with Crippen LogP contribution in [0.1, 0.15) is 54.0 Å². The predicted octanol–water partition coefficient (Wildman–Crippen LogP) is 3.04. The van der Waals surface area contributed by atoms with Crippen LogP contribution in [-0.4, -0.2) is 17.0 Å². The largest absolute Gasteiger partial charge is 0.481 e. The van der Waals surface area contributed by atoms with Crippen molar-refractivity contribution in [3.05, 3.63) is 64.7 Å². The van der Waals surface area contributed by atoms with E-state index < -0.39 is 18.1 Å². The second-order valence-electron chi connectivity index (χ2n) is 7.78. The van der Waals surface area contributed by atoms with Crippen LogP contribution in [0.5, 0.6) is 5.75 Å². The lowest BCUT2D eigenvalue weighted by atomic mass is 9.85. The van der Waals surface area contributed by atoms with Crippen molar-refractivity contribution >= 4 is 11.9 Å². The molecule has 0 aliphatic carbocycles. The van der Waals surface area contributed by atoms with Crippen LogP contribution in [0.25, 0.3) is 0 Å². The van der Waals surface area contributed by atoms with Gasteiger partial charge in [0.2, 0.25) is 0 Å². The van der Waals surface area contributed by atoms with Crippen molar-refractivity contribution in [1.82, 2.24) is 0 Å². The fourth-order valence-electron chi connectivity index (χ4n) is 2.75. The maximum atomic E-state index is 12.7. The Kier molecular flexibility index (Phi) is 6.36. The first-order chi connectivity index (χ1) is 12.5. The highest BCUT2D eigenvalue weighted by Crippen LogP contribution is 2.26. The lowest BCUT2D eigenvalue weighted by Gasteiger charge is -2.21. The highest BCUT2D eigenvalue weighted by molar-refractivity contribution is 5.92. The van der Waals surface area contributed by atoms with Crippen LogP contribution in [0.2, 0.25) is 0 Å². The minimum Gasteiger partial charge on any atom is -0.481 e. The fourth-order valence-corrected chi connectivity index (χ4v) is 2.75. The van der Waals surface area contributed by atoms with Gasteiger partial charge in [-0.2, -0.15) is 0 Å². The average molecular weight is 370 g/mol. The first kappa shape index (κ1) is 20.6. The maximum Gasteiger partial charge on any atom is 0.343 e. The average Bonchev–Trinajstić information content (AvgIpc) is 2.54. The zero-order chi connectivity index (χ0) is 20.2. The molecule has 0 unspecified atom stereocenters. The van der Waals surface area contributed by atoms with Gasteiger partial charge in [-0.3, -0.25) is 4.79 Å². The minimum absolute atomic E-state index is 0.0369. The van der Waals surface area contributed by atoms with E-state index in [4.69, 9.17) is 21.3 Å². The van der Waals surface area contributed by atoms with Gasteiger partial charge in [0.25, 0.3) is 0 Å². The van der Waals surface area contributed by atoms with E-state index in [1.807, 2.05) is 6.07 Å². The van der Waals surface area contributed by atoms with Gasteiger partial charge >= 0.3 is 11.9 Å². The van der Waals surface area contributed by atoms with Gasteiger partial charge < -0.3 is 21.3 Å². The number of ether oxygens (including phenoxy) is 1. The smallest absolute Gasteiger partial charge is 0.343 e. The van der Waals surface area contributed by atoms with E-state index in [2.05, 4.69) is 20.8 Å². The van der Waals surface area contributed by atoms with Crippen molar-refractivity contribution in [3.63, 3.8) is 0 Å². The van der Waals surface area contributed by atoms with Gasteiger partial charge in [0.1, 0.15) is 5.75 Å². The molecule has 0 aromatic heterocycles. The molecule has 0 fully saturated rings. The summed E-state index contributed by atoms with van der Waals surface area (Å²) < 4.78 is 5.47. The number of carboxylic acid groups (broad SMARTS) is 1. The van der Waals surface area contributed by atoms with E-state index in [0.717, 1.165) is 11.1 Å². The summed E-state index contributed by atoms with van der Waals surface area (Å²) in [5.74, 6) is -1.03. The highest BCUT2D eigenvalue weighted by atomic mass is 16.5. The predicted molar refractivity (Wildman–Crippen MR) is 103 cm³/mol. The number of nitrogens with two attached hydrogens (primary N) is 2. The first-order valence-electron chi connectivity index (χ1n) is 8.72. The van der Waals surface area contributed by atoms with E-state index in [-0.39, 0.29) is 11.8 Å². The van der Waals surface area contributed by atoms with Crippen molar-refractivity contribution in [1.29, 1.82) is 0 Å². The van der Waals surface area contributed by atoms with Gasteiger partial charge in [-0.25, -0.2) is 4.79 Å². The first-order valence-corrected chi connectivity index (χ1v) is 8.72. The summed E-state index contributed by atoms with van der Waals surface area (Å²) in [6, 6.07) is 11.7. The van der Waals surface area contributed by atoms with Crippen LogP contribution in [0, 0.1) is 5.41 Å². The molecule has 2 aromatic carbocycles. The third-order valence-corrected chi connectivity index (χ3v) is 3.94. The Labute approximate surface area is 159 Å². The molecular weight excluding hydrogens is 344 g/mol. The zero-order valence-electron chi connectivity index (χ0n) is 15.9. The lowest BCUT2D eigenvalue weighted by molar-refractivity contribution is -0.136. The maximum absolute atomic E-state index is 12.7. The van der Waals surface area contributed by atoms with Crippen LogP contribution < -0.4 is 16.2 Å².